The van der Waals surface area contributed by atoms with E-state index >= 15 is 0 Å². The molecule has 1 aromatic carbocycles. The Morgan fingerprint density at radius 3 is 2.44 bits per heavy atom. The van der Waals surface area contributed by atoms with Crippen molar-refractivity contribution in [3.8, 4) is 0 Å². The highest BCUT2D eigenvalue weighted by Crippen LogP contribution is 2.51. The number of benzene rings is 1. The number of rotatable bonds is 4. The summed E-state index contributed by atoms with van der Waals surface area (Å²) in [7, 11) is -3.34. The molecule has 1 saturated carbocycles. The minimum absolute atomic E-state index is 0.166. The van der Waals surface area contributed by atoms with Crippen LogP contribution in [-0.4, -0.2) is 31.9 Å². The third-order valence-corrected chi connectivity index (χ3v) is 5.63. The molecular formula is C11H15NO3S. The van der Waals surface area contributed by atoms with E-state index in [1.54, 1.807) is 30.3 Å². The van der Waals surface area contributed by atoms with Crippen molar-refractivity contribution in [1.29, 1.82) is 0 Å². The van der Waals surface area contributed by atoms with Gasteiger partial charge in [0.05, 0.1) is 16.8 Å². The van der Waals surface area contributed by atoms with Crippen LogP contribution in [0.1, 0.15) is 6.42 Å². The fraction of sp³-hybridized carbons (Fsp3) is 0.455. The van der Waals surface area contributed by atoms with Crippen LogP contribution in [-0.2, 0) is 9.84 Å². The van der Waals surface area contributed by atoms with Gasteiger partial charge in [0.1, 0.15) is 0 Å². The van der Waals surface area contributed by atoms with Gasteiger partial charge in [0.15, 0.2) is 9.84 Å². The number of sulfone groups is 1. The zero-order valence-corrected chi connectivity index (χ0v) is 9.65. The molecule has 1 aromatic rings. The second-order valence-corrected chi connectivity index (χ2v) is 6.41. The van der Waals surface area contributed by atoms with E-state index in [9.17, 15) is 13.5 Å². The molecule has 2 atom stereocenters. The zero-order valence-electron chi connectivity index (χ0n) is 8.83. The summed E-state index contributed by atoms with van der Waals surface area (Å²) in [5, 5.41) is 8.66. The summed E-state index contributed by atoms with van der Waals surface area (Å²) in [4.78, 5) is 0.309. The highest BCUT2D eigenvalue weighted by molar-refractivity contribution is 7.92. The van der Waals surface area contributed by atoms with Gasteiger partial charge in [-0.2, -0.15) is 0 Å². The van der Waals surface area contributed by atoms with Gasteiger partial charge in [-0.1, -0.05) is 18.2 Å². The summed E-state index contributed by atoms with van der Waals surface area (Å²) in [5.74, 6) is 0. The fourth-order valence-corrected chi connectivity index (χ4v) is 4.21. The van der Waals surface area contributed by atoms with E-state index in [1.165, 1.54) is 0 Å². The van der Waals surface area contributed by atoms with Gasteiger partial charge in [-0.25, -0.2) is 8.42 Å². The average molecular weight is 241 g/mol. The molecule has 0 aliphatic heterocycles. The van der Waals surface area contributed by atoms with Crippen molar-refractivity contribution in [3.05, 3.63) is 30.3 Å². The van der Waals surface area contributed by atoms with Gasteiger partial charge in [0, 0.05) is 12.0 Å². The van der Waals surface area contributed by atoms with E-state index in [4.69, 9.17) is 5.73 Å². The van der Waals surface area contributed by atoms with E-state index in [-0.39, 0.29) is 13.2 Å². The largest absolute Gasteiger partial charge is 0.396 e. The van der Waals surface area contributed by atoms with Gasteiger partial charge in [-0.15, -0.1) is 0 Å². The minimum atomic E-state index is -3.34. The Kier molecular flexibility index (Phi) is 2.77. The molecule has 4 nitrogen and oxygen atoms in total. The summed E-state index contributed by atoms with van der Waals surface area (Å²) < 4.78 is 24.3. The molecule has 0 heterocycles. The molecule has 0 amide bonds. The number of aliphatic hydroxyl groups is 1. The van der Waals surface area contributed by atoms with Crippen molar-refractivity contribution >= 4 is 9.84 Å². The van der Waals surface area contributed by atoms with Crippen molar-refractivity contribution < 1.29 is 13.5 Å². The van der Waals surface area contributed by atoms with Crippen LogP contribution >= 0.6 is 0 Å². The molecule has 88 valence electrons. The zero-order chi connectivity index (χ0) is 11.8. The van der Waals surface area contributed by atoms with Crippen LogP contribution in [0.15, 0.2) is 35.2 Å². The monoisotopic (exact) mass is 241 g/mol. The number of hydrogen-bond donors (Lipinski definition) is 2. The number of aliphatic hydroxyl groups excluding tert-OH is 1. The number of nitrogens with two attached hydrogens (primary N) is 1. The van der Waals surface area contributed by atoms with Crippen LogP contribution in [0.3, 0.4) is 0 Å². The predicted molar refractivity (Wildman–Crippen MR) is 60.6 cm³/mol. The molecule has 5 heteroatoms. The maximum atomic E-state index is 12.2. The van der Waals surface area contributed by atoms with Crippen LogP contribution in [0.4, 0.5) is 0 Å². The molecule has 0 aromatic heterocycles. The van der Waals surface area contributed by atoms with Crippen LogP contribution < -0.4 is 5.73 Å². The highest BCUT2D eigenvalue weighted by atomic mass is 32.2. The Morgan fingerprint density at radius 2 is 2.00 bits per heavy atom. The Bertz CT molecular complexity index is 465. The first-order chi connectivity index (χ1) is 7.57. The maximum Gasteiger partial charge on any atom is 0.181 e. The lowest BCUT2D eigenvalue weighted by Crippen LogP contribution is -2.27. The summed E-state index contributed by atoms with van der Waals surface area (Å²) >= 11 is 0. The molecule has 3 N–H and O–H groups in total. The summed E-state index contributed by atoms with van der Waals surface area (Å²) in [6.07, 6.45) is 0.456. The van der Waals surface area contributed by atoms with E-state index in [2.05, 4.69) is 0 Å². The molecule has 1 aliphatic rings. The fourth-order valence-electron chi connectivity index (χ4n) is 1.97. The summed E-state index contributed by atoms with van der Waals surface area (Å²) in [6.45, 7) is 0.0421. The third-order valence-electron chi connectivity index (χ3n) is 3.28. The Balaban J connectivity index is 2.30. The SMILES string of the molecule is NC[C@@]1(CO)C[C@@H]1S(=O)(=O)c1ccccc1. The van der Waals surface area contributed by atoms with Crippen molar-refractivity contribution in [2.75, 3.05) is 13.2 Å². The molecule has 1 fully saturated rings. The smallest absolute Gasteiger partial charge is 0.181 e. The van der Waals surface area contributed by atoms with Gasteiger partial charge >= 0.3 is 0 Å². The van der Waals surface area contributed by atoms with Gasteiger partial charge < -0.3 is 10.8 Å². The van der Waals surface area contributed by atoms with E-state index < -0.39 is 20.5 Å². The van der Waals surface area contributed by atoms with E-state index in [0.29, 0.717) is 11.3 Å². The molecule has 0 saturated heterocycles. The Hall–Kier alpha value is -0.910. The topological polar surface area (TPSA) is 80.4 Å². The van der Waals surface area contributed by atoms with Gasteiger partial charge in [-0.3, -0.25) is 0 Å². The quantitative estimate of drug-likeness (QED) is 0.787. The third kappa shape index (κ3) is 1.65. The Labute approximate surface area is 95.0 Å². The molecule has 2 rings (SSSR count). The van der Waals surface area contributed by atoms with E-state index in [1.807, 2.05) is 0 Å². The second kappa shape index (κ2) is 3.84. The van der Waals surface area contributed by atoms with Gasteiger partial charge in [-0.05, 0) is 18.6 Å². The van der Waals surface area contributed by atoms with Crippen molar-refractivity contribution in [2.24, 2.45) is 11.1 Å². The first kappa shape index (κ1) is 11.6. The van der Waals surface area contributed by atoms with Crippen molar-refractivity contribution in [3.63, 3.8) is 0 Å². The molecular weight excluding hydrogens is 226 g/mol. The molecule has 0 unspecified atom stereocenters. The van der Waals surface area contributed by atoms with Crippen molar-refractivity contribution in [1.82, 2.24) is 0 Å². The van der Waals surface area contributed by atoms with Crippen LogP contribution in [0.25, 0.3) is 0 Å². The molecule has 0 radical (unpaired) electrons. The Morgan fingerprint density at radius 1 is 1.38 bits per heavy atom. The molecule has 0 spiro atoms. The highest BCUT2D eigenvalue weighted by Gasteiger charge is 2.60. The van der Waals surface area contributed by atoms with Crippen LogP contribution in [0.2, 0.25) is 0 Å². The summed E-state index contributed by atoms with van der Waals surface area (Å²) in [6, 6.07) is 8.31. The molecule has 16 heavy (non-hydrogen) atoms. The average Bonchev–Trinajstić information content (AvgIpc) is 3.06. The predicted octanol–water partition coefficient (Wildman–Crippen LogP) is 0.170. The summed E-state index contributed by atoms with van der Waals surface area (Å²) in [5.41, 5.74) is 4.90. The maximum absolute atomic E-state index is 12.2. The lowest BCUT2D eigenvalue weighted by atomic mass is 10.1. The lowest BCUT2D eigenvalue weighted by Gasteiger charge is -2.11. The number of hydrogen-bond acceptors (Lipinski definition) is 4. The first-order valence-corrected chi connectivity index (χ1v) is 6.71. The van der Waals surface area contributed by atoms with Gasteiger partial charge in [0.2, 0.25) is 0 Å². The molecule has 0 bridgehead atoms. The lowest BCUT2D eigenvalue weighted by molar-refractivity contribution is 0.217. The van der Waals surface area contributed by atoms with Crippen molar-refractivity contribution in [2.45, 2.75) is 16.6 Å². The van der Waals surface area contributed by atoms with E-state index in [0.717, 1.165) is 0 Å². The minimum Gasteiger partial charge on any atom is -0.396 e. The first-order valence-electron chi connectivity index (χ1n) is 5.17. The van der Waals surface area contributed by atoms with Crippen LogP contribution in [0, 0.1) is 5.41 Å². The second-order valence-electron chi connectivity index (χ2n) is 4.28. The standard InChI is InChI=1S/C11H15NO3S/c12-7-11(8-13)6-10(11)16(14,15)9-4-2-1-3-5-9/h1-5,10,13H,6-8,12H2/t10-,11+/m0/s1. The van der Waals surface area contributed by atoms with Crippen LogP contribution in [0.5, 0.6) is 0 Å². The normalized spacial score (nSPS) is 29.0. The molecule has 1 aliphatic carbocycles. The van der Waals surface area contributed by atoms with Gasteiger partial charge in [0.25, 0.3) is 0 Å².